The molecule has 78 valence electrons. The van der Waals surface area contributed by atoms with Crippen molar-refractivity contribution in [3.63, 3.8) is 0 Å². The summed E-state index contributed by atoms with van der Waals surface area (Å²) < 4.78 is 12.9. The minimum Gasteiger partial charge on any atom is -0.294 e. The molecule has 1 aromatic rings. The third-order valence-corrected chi connectivity index (χ3v) is 2.04. The van der Waals surface area contributed by atoms with Crippen LogP contribution in [-0.4, -0.2) is 11.5 Å². The van der Waals surface area contributed by atoms with E-state index in [4.69, 9.17) is 0 Å². The van der Waals surface area contributed by atoms with Gasteiger partial charge in [-0.2, -0.15) is 12.6 Å². The van der Waals surface area contributed by atoms with Gasteiger partial charge in [-0.1, -0.05) is 11.8 Å². The molecular formula is C12H11FOS. The first-order chi connectivity index (χ1) is 7.15. The highest BCUT2D eigenvalue weighted by molar-refractivity contribution is 7.80. The van der Waals surface area contributed by atoms with Gasteiger partial charge in [0, 0.05) is 23.3 Å². The zero-order valence-electron chi connectivity index (χ0n) is 8.38. The zero-order chi connectivity index (χ0) is 11.3. The molecule has 0 fully saturated rings. The number of hydrogen-bond acceptors (Lipinski definition) is 2. The molecule has 0 heterocycles. The number of benzene rings is 1. The van der Waals surface area contributed by atoms with E-state index in [1.54, 1.807) is 0 Å². The van der Waals surface area contributed by atoms with E-state index in [2.05, 4.69) is 24.5 Å². The van der Waals surface area contributed by atoms with Crippen molar-refractivity contribution in [2.24, 2.45) is 0 Å². The summed E-state index contributed by atoms with van der Waals surface area (Å²) in [7, 11) is 0. The van der Waals surface area contributed by atoms with Crippen LogP contribution >= 0.6 is 12.6 Å². The average molecular weight is 222 g/mol. The summed E-state index contributed by atoms with van der Waals surface area (Å²) in [6.07, 6.45) is 0.622. The smallest absolute Gasteiger partial charge is 0.161 e. The maximum Gasteiger partial charge on any atom is 0.161 e. The van der Waals surface area contributed by atoms with Gasteiger partial charge in [0.1, 0.15) is 5.82 Å². The number of carbonyl (C=O) groups excluding carboxylic acids is 1. The number of halogens is 1. The Bertz CT molecular complexity index is 429. The molecule has 0 atom stereocenters. The van der Waals surface area contributed by atoms with Crippen LogP contribution in [0.5, 0.6) is 0 Å². The highest BCUT2D eigenvalue weighted by Gasteiger charge is 2.05. The highest BCUT2D eigenvalue weighted by atomic mass is 32.1. The SMILES string of the molecule is CC(=O)c1ccc(F)cc1C#CCCS. The molecule has 1 aromatic carbocycles. The minimum atomic E-state index is -0.379. The normalized spacial score (nSPS) is 9.27. The van der Waals surface area contributed by atoms with E-state index < -0.39 is 0 Å². The Morgan fingerprint density at radius 1 is 1.53 bits per heavy atom. The Morgan fingerprint density at radius 3 is 2.87 bits per heavy atom. The van der Waals surface area contributed by atoms with Crippen molar-refractivity contribution < 1.29 is 9.18 Å². The van der Waals surface area contributed by atoms with Gasteiger partial charge >= 0.3 is 0 Å². The summed E-state index contributed by atoms with van der Waals surface area (Å²) in [5, 5.41) is 0. The number of Topliss-reactive ketones (excluding diaryl/α,β-unsaturated/α-hetero) is 1. The fourth-order valence-corrected chi connectivity index (χ4v) is 1.25. The Kier molecular flexibility index (Phi) is 4.38. The molecule has 0 saturated heterocycles. The lowest BCUT2D eigenvalue weighted by Crippen LogP contribution is -1.97. The third kappa shape index (κ3) is 3.41. The summed E-state index contributed by atoms with van der Waals surface area (Å²) >= 11 is 4.01. The standard InChI is InChI=1S/C12H11FOS/c1-9(14)12-6-5-11(13)8-10(12)4-2-3-7-15/h5-6,8,15H,3,7H2,1H3. The average Bonchev–Trinajstić information content (AvgIpc) is 2.18. The zero-order valence-corrected chi connectivity index (χ0v) is 9.27. The Morgan fingerprint density at radius 2 is 2.27 bits per heavy atom. The van der Waals surface area contributed by atoms with Gasteiger partial charge in [-0.05, 0) is 25.1 Å². The van der Waals surface area contributed by atoms with E-state index >= 15 is 0 Å². The van der Waals surface area contributed by atoms with Gasteiger partial charge in [0.05, 0.1) is 0 Å². The molecule has 0 saturated carbocycles. The first-order valence-corrected chi connectivity index (χ1v) is 5.18. The van der Waals surface area contributed by atoms with Crippen molar-refractivity contribution in [2.75, 3.05) is 5.75 Å². The van der Waals surface area contributed by atoms with Crippen LogP contribution < -0.4 is 0 Å². The van der Waals surface area contributed by atoms with Gasteiger partial charge in [0.25, 0.3) is 0 Å². The molecule has 0 spiro atoms. The molecule has 1 nitrogen and oxygen atoms in total. The van der Waals surface area contributed by atoms with Gasteiger partial charge in [-0.25, -0.2) is 4.39 Å². The summed E-state index contributed by atoms with van der Waals surface area (Å²) in [5.41, 5.74) is 0.910. The molecule has 0 aromatic heterocycles. The van der Waals surface area contributed by atoms with Crippen LogP contribution in [0.3, 0.4) is 0 Å². The number of carbonyl (C=O) groups is 1. The topological polar surface area (TPSA) is 17.1 Å². The van der Waals surface area contributed by atoms with E-state index in [1.807, 2.05) is 0 Å². The monoisotopic (exact) mass is 222 g/mol. The molecule has 15 heavy (non-hydrogen) atoms. The second kappa shape index (κ2) is 5.57. The maximum absolute atomic E-state index is 12.9. The lowest BCUT2D eigenvalue weighted by Gasteiger charge is -1.99. The summed E-state index contributed by atoms with van der Waals surface area (Å²) in [5.74, 6) is 5.77. The molecule has 0 aliphatic carbocycles. The number of thiol groups is 1. The van der Waals surface area contributed by atoms with E-state index in [1.165, 1.54) is 25.1 Å². The fraction of sp³-hybridized carbons (Fsp3) is 0.250. The molecule has 0 amide bonds. The Labute approximate surface area is 94.1 Å². The molecule has 0 radical (unpaired) electrons. The summed E-state index contributed by atoms with van der Waals surface area (Å²) in [6.45, 7) is 1.44. The quantitative estimate of drug-likeness (QED) is 0.462. The van der Waals surface area contributed by atoms with E-state index in [-0.39, 0.29) is 11.6 Å². The lowest BCUT2D eigenvalue weighted by molar-refractivity contribution is 0.101. The van der Waals surface area contributed by atoms with E-state index in [9.17, 15) is 9.18 Å². The fourth-order valence-electron chi connectivity index (χ4n) is 1.14. The summed E-state index contributed by atoms with van der Waals surface area (Å²) in [4.78, 5) is 11.2. The van der Waals surface area contributed by atoms with Crippen LogP contribution in [-0.2, 0) is 0 Å². The predicted molar refractivity (Wildman–Crippen MR) is 61.8 cm³/mol. The predicted octanol–water partition coefficient (Wildman–Crippen LogP) is 2.70. The second-order valence-corrected chi connectivity index (χ2v) is 3.47. The van der Waals surface area contributed by atoms with Crippen molar-refractivity contribution in [3.05, 3.63) is 35.1 Å². The Hall–Kier alpha value is -1.27. The highest BCUT2D eigenvalue weighted by Crippen LogP contribution is 2.11. The molecule has 0 unspecified atom stereocenters. The van der Waals surface area contributed by atoms with Gasteiger partial charge in [-0.15, -0.1) is 0 Å². The molecule has 0 aliphatic heterocycles. The van der Waals surface area contributed by atoms with Crippen molar-refractivity contribution in [2.45, 2.75) is 13.3 Å². The maximum atomic E-state index is 12.9. The van der Waals surface area contributed by atoms with Crippen LogP contribution in [0, 0.1) is 17.7 Å². The first-order valence-electron chi connectivity index (χ1n) is 4.55. The van der Waals surface area contributed by atoms with Gasteiger partial charge < -0.3 is 0 Å². The second-order valence-electron chi connectivity index (χ2n) is 3.02. The van der Waals surface area contributed by atoms with Gasteiger partial charge in [0.2, 0.25) is 0 Å². The molecular weight excluding hydrogens is 211 g/mol. The summed E-state index contributed by atoms with van der Waals surface area (Å²) in [6, 6.07) is 4.01. The first kappa shape index (κ1) is 11.8. The van der Waals surface area contributed by atoms with Crippen LogP contribution in [0.1, 0.15) is 29.3 Å². The number of ketones is 1. The van der Waals surface area contributed by atoms with Gasteiger partial charge in [-0.3, -0.25) is 4.79 Å². The van der Waals surface area contributed by atoms with Crippen molar-refractivity contribution in [1.82, 2.24) is 0 Å². The molecule has 1 rings (SSSR count). The van der Waals surface area contributed by atoms with Crippen LogP contribution in [0.4, 0.5) is 4.39 Å². The molecule has 0 bridgehead atoms. The third-order valence-electron chi connectivity index (χ3n) is 1.82. The van der Waals surface area contributed by atoms with E-state index in [0.717, 1.165) is 0 Å². The van der Waals surface area contributed by atoms with E-state index in [0.29, 0.717) is 23.3 Å². The largest absolute Gasteiger partial charge is 0.294 e. The Balaban J connectivity index is 3.09. The molecule has 0 aliphatic rings. The number of hydrogen-bond donors (Lipinski definition) is 1. The lowest BCUT2D eigenvalue weighted by atomic mass is 10.0. The van der Waals surface area contributed by atoms with Crippen molar-refractivity contribution >= 4 is 18.4 Å². The van der Waals surface area contributed by atoms with Crippen molar-refractivity contribution in [3.8, 4) is 11.8 Å². The van der Waals surface area contributed by atoms with Crippen LogP contribution in [0.2, 0.25) is 0 Å². The van der Waals surface area contributed by atoms with Crippen LogP contribution in [0.15, 0.2) is 18.2 Å². The number of rotatable bonds is 2. The molecule has 0 N–H and O–H groups in total. The van der Waals surface area contributed by atoms with Crippen molar-refractivity contribution in [1.29, 1.82) is 0 Å². The van der Waals surface area contributed by atoms with Crippen LogP contribution in [0.25, 0.3) is 0 Å². The molecule has 3 heteroatoms. The minimum absolute atomic E-state index is 0.106. The van der Waals surface area contributed by atoms with Gasteiger partial charge in [0.15, 0.2) is 5.78 Å².